The van der Waals surface area contributed by atoms with Gasteiger partial charge in [0, 0.05) is 12.5 Å². The van der Waals surface area contributed by atoms with Crippen molar-refractivity contribution in [1.82, 2.24) is 9.97 Å². The Balaban J connectivity index is 3.14. The Labute approximate surface area is 75.4 Å². The number of nitrogens with zero attached hydrogens (tertiary/aromatic N) is 2. The summed E-state index contributed by atoms with van der Waals surface area (Å²) in [5, 5.41) is 8.68. The van der Waals surface area contributed by atoms with Crippen LogP contribution in [0.3, 0.4) is 0 Å². The van der Waals surface area contributed by atoms with Crippen LogP contribution in [0.4, 0.5) is 0 Å². The van der Waals surface area contributed by atoms with E-state index in [1.54, 1.807) is 0 Å². The zero-order valence-corrected chi connectivity index (χ0v) is 7.44. The van der Waals surface area contributed by atoms with Gasteiger partial charge in [-0.3, -0.25) is 0 Å². The molecule has 0 spiro atoms. The van der Waals surface area contributed by atoms with Crippen LogP contribution in [0.25, 0.3) is 0 Å². The molecule has 0 radical (unpaired) electrons. The fourth-order valence-corrected chi connectivity index (χ4v) is 0.845. The first kappa shape index (κ1) is 9.44. The first-order chi connectivity index (χ1) is 6.17. The maximum absolute atomic E-state index is 10.6. The molecule has 0 aliphatic heterocycles. The van der Waals surface area contributed by atoms with Crippen LogP contribution in [-0.2, 0) is 6.42 Å². The fraction of sp³-hybridized carbons (Fsp3) is 0.375. The van der Waals surface area contributed by atoms with Crippen molar-refractivity contribution < 1.29 is 14.6 Å². The zero-order chi connectivity index (χ0) is 9.84. The van der Waals surface area contributed by atoms with Crippen molar-refractivity contribution in [2.45, 2.75) is 13.3 Å². The SMILES string of the molecule is CCc1nc(OC)cc(C(=O)O)n1. The van der Waals surface area contributed by atoms with Crippen LogP contribution in [0.5, 0.6) is 5.88 Å². The van der Waals surface area contributed by atoms with Crippen LogP contribution in [0, 0.1) is 0 Å². The van der Waals surface area contributed by atoms with Crippen molar-refractivity contribution in [2.75, 3.05) is 7.11 Å². The number of aromatic carboxylic acids is 1. The molecule has 1 aromatic heterocycles. The van der Waals surface area contributed by atoms with Crippen molar-refractivity contribution in [2.24, 2.45) is 0 Å². The van der Waals surface area contributed by atoms with Gasteiger partial charge < -0.3 is 9.84 Å². The van der Waals surface area contributed by atoms with Crippen LogP contribution in [-0.4, -0.2) is 28.2 Å². The second-order valence-corrected chi connectivity index (χ2v) is 2.37. The summed E-state index contributed by atoms with van der Waals surface area (Å²) in [6, 6.07) is 1.29. The molecule has 1 aromatic rings. The number of hydrogen-bond donors (Lipinski definition) is 1. The molecule has 0 aromatic carbocycles. The third-order valence-electron chi connectivity index (χ3n) is 1.49. The van der Waals surface area contributed by atoms with E-state index in [1.807, 2.05) is 6.92 Å². The highest BCUT2D eigenvalue weighted by molar-refractivity contribution is 5.85. The largest absolute Gasteiger partial charge is 0.481 e. The van der Waals surface area contributed by atoms with Gasteiger partial charge in [-0.15, -0.1) is 0 Å². The molecule has 1 heterocycles. The summed E-state index contributed by atoms with van der Waals surface area (Å²) in [4.78, 5) is 18.4. The van der Waals surface area contributed by atoms with Gasteiger partial charge in [0.2, 0.25) is 5.88 Å². The average Bonchev–Trinajstić information content (AvgIpc) is 2.16. The monoisotopic (exact) mass is 182 g/mol. The number of methoxy groups -OCH3 is 1. The van der Waals surface area contributed by atoms with Crippen molar-refractivity contribution >= 4 is 5.97 Å². The summed E-state index contributed by atoms with van der Waals surface area (Å²) < 4.78 is 4.83. The maximum Gasteiger partial charge on any atom is 0.354 e. The van der Waals surface area contributed by atoms with E-state index in [2.05, 4.69) is 9.97 Å². The molecule has 5 nitrogen and oxygen atoms in total. The summed E-state index contributed by atoms with van der Waals surface area (Å²) in [5.74, 6) is -0.323. The highest BCUT2D eigenvalue weighted by atomic mass is 16.5. The Morgan fingerprint density at radius 3 is 2.77 bits per heavy atom. The van der Waals surface area contributed by atoms with Gasteiger partial charge in [-0.1, -0.05) is 6.92 Å². The molecule has 0 bridgehead atoms. The van der Waals surface area contributed by atoms with E-state index in [-0.39, 0.29) is 11.6 Å². The molecule has 0 atom stereocenters. The number of carboxylic acids is 1. The Morgan fingerprint density at radius 1 is 1.62 bits per heavy atom. The van der Waals surface area contributed by atoms with Crippen LogP contribution >= 0.6 is 0 Å². The molecule has 0 amide bonds. The number of aryl methyl sites for hydroxylation is 1. The first-order valence-corrected chi connectivity index (χ1v) is 3.82. The Hall–Kier alpha value is -1.65. The second kappa shape index (κ2) is 3.84. The van der Waals surface area contributed by atoms with Crippen molar-refractivity contribution in [1.29, 1.82) is 0 Å². The van der Waals surface area contributed by atoms with Gasteiger partial charge >= 0.3 is 5.97 Å². The van der Waals surface area contributed by atoms with Crippen molar-refractivity contribution in [3.05, 3.63) is 17.6 Å². The lowest BCUT2D eigenvalue weighted by Crippen LogP contribution is -2.06. The Morgan fingerprint density at radius 2 is 2.31 bits per heavy atom. The van der Waals surface area contributed by atoms with E-state index in [9.17, 15) is 4.79 Å². The standard InChI is InChI=1S/C8H10N2O3/c1-3-6-9-5(8(11)12)4-7(10-6)13-2/h4H,3H2,1-2H3,(H,11,12). The number of carboxylic acid groups (broad SMARTS) is 1. The van der Waals surface area contributed by atoms with Gasteiger partial charge in [-0.05, 0) is 0 Å². The molecule has 1 N–H and O–H groups in total. The zero-order valence-electron chi connectivity index (χ0n) is 7.44. The minimum Gasteiger partial charge on any atom is -0.481 e. The van der Waals surface area contributed by atoms with E-state index in [0.29, 0.717) is 12.2 Å². The normalized spacial score (nSPS) is 9.69. The quantitative estimate of drug-likeness (QED) is 0.746. The molecule has 0 aliphatic carbocycles. The molecule has 13 heavy (non-hydrogen) atoms. The van der Waals surface area contributed by atoms with Crippen LogP contribution in [0.15, 0.2) is 6.07 Å². The predicted molar refractivity (Wildman–Crippen MR) is 44.9 cm³/mol. The highest BCUT2D eigenvalue weighted by Gasteiger charge is 2.09. The number of rotatable bonds is 3. The summed E-state index contributed by atoms with van der Waals surface area (Å²) in [7, 11) is 1.44. The molecule has 1 rings (SSSR count). The third kappa shape index (κ3) is 2.14. The van der Waals surface area contributed by atoms with E-state index in [0.717, 1.165) is 0 Å². The van der Waals surface area contributed by atoms with Crippen molar-refractivity contribution in [3.63, 3.8) is 0 Å². The van der Waals surface area contributed by atoms with Gasteiger partial charge in [0.15, 0.2) is 5.69 Å². The predicted octanol–water partition coefficient (Wildman–Crippen LogP) is 0.746. The molecule has 5 heteroatoms. The number of carbonyl (C=O) groups is 1. The van der Waals surface area contributed by atoms with E-state index < -0.39 is 5.97 Å². The number of hydrogen-bond acceptors (Lipinski definition) is 4. The average molecular weight is 182 g/mol. The van der Waals surface area contributed by atoms with Gasteiger partial charge in [-0.25, -0.2) is 9.78 Å². The highest BCUT2D eigenvalue weighted by Crippen LogP contribution is 2.08. The molecule has 0 unspecified atom stereocenters. The van der Waals surface area contributed by atoms with Gasteiger partial charge in [0.05, 0.1) is 7.11 Å². The smallest absolute Gasteiger partial charge is 0.354 e. The summed E-state index contributed by atoms with van der Waals surface area (Å²) in [6.07, 6.45) is 0.581. The minimum atomic E-state index is -1.07. The van der Waals surface area contributed by atoms with Gasteiger partial charge in [-0.2, -0.15) is 4.98 Å². The molecule has 70 valence electrons. The molecule has 0 fully saturated rings. The summed E-state index contributed by atoms with van der Waals surface area (Å²) in [5.41, 5.74) is -0.0382. The maximum atomic E-state index is 10.6. The first-order valence-electron chi connectivity index (χ1n) is 3.82. The third-order valence-corrected chi connectivity index (χ3v) is 1.49. The lowest BCUT2D eigenvalue weighted by Gasteiger charge is -2.02. The second-order valence-electron chi connectivity index (χ2n) is 2.37. The minimum absolute atomic E-state index is 0.0382. The van der Waals surface area contributed by atoms with Crippen LogP contribution in [0.1, 0.15) is 23.2 Å². The summed E-state index contributed by atoms with van der Waals surface area (Å²) >= 11 is 0. The van der Waals surface area contributed by atoms with Gasteiger partial charge in [0.1, 0.15) is 5.82 Å². The molecular formula is C8H10N2O3. The van der Waals surface area contributed by atoms with Gasteiger partial charge in [0.25, 0.3) is 0 Å². The lowest BCUT2D eigenvalue weighted by atomic mass is 10.3. The molecule has 0 aliphatic rings. The lowest BCUT2D eigenvalue weighted by molar-refractivity contribution is 0.0689. The molecular weight excluding hydrogens is 172 g/mol. The fourth-order valence-electron chi connectivity index (χ4n) is 0.845. The molecule has 0 saturated heterocycles. The molecule has 0 saturated carbocycles. The van der Waals surface area contributed by atoms with Crippen LogP contribution in [0.2, 0.25) is 0 Å². The van der Waals surface area contributed by atoms with E-state index in [4.69, 9.17) is 9.84 Å². The number of ether oxygens (including phenoxy) is 1. The summed E-state index contributed by atoms with van der Waals surface area (Å²) in [6.45, 7) is 1.85. The Kier molecular flexibility index (Phi) is 2.79. The Bertz CT molecular complexity index is 303. The van der Waals surface area contributed by atoms with Crippen molar-refractivity contribution in [3.8, 4) is 5.88 Å². The van der Waals surface area contributed by atoms with E-state index in [1.165, 1.54) is 13.2 Å². The number of aromatic nitrogens is 2. The van der Waals surface area contributed by atoms with E-state index >= 15 is 0 Å². The topological polar surface area (TPSA) is 72.3 Å². The van der Waals surface area contributed by atoms with Crippen LogP contribution < -0.4 is 4.74 Å².